The number of piperidine rings is 1. The number of β-amino-alcohol motifs (C(OH)–C–C–N with tert-alkyl or cyclic N) is 1. The number of nitrogens with zero attached hydrogens (tertiary/aromatic N) is 1. The summed E-state index contributed by atoms with van der Waals surface area (Å²) in [6.45, 7) is 3.09. The van der Waals surface area contributed by atoms with Gasteiger partial charge in [0.2, 0.25) is 5.91 Å². The monoisotopic (exact) mass is 354 g/mol. The smallest absolute Gasteiger partial charge is 0.259 e. The molecule has 2 N–H and O–H groups in total. The molecule has 1 aromatic carbocycles. The Morgan fingerprint density at radius 2 is 2.14 bits per heavy atom. The van der Waals surface area contributed by atoms with E-state index in [2.05, 4.69) is 21.2 Å². The zero-order valence-corrected chi connectivity index (χ0v) is 13.5. The van der Waals surface area contributed by atoms with Crippen molar-refractivity contribution in [3.05, 3.63) is 34.3 Å². The summed E-state index contributed by atoms with van der Waals surface area (Å²) >= 11 is 3.28. The number of imide groups is 1. The van der Waals surface area contributed by atoms with Crippen LogP contribution in [-0.2, 0) is 4.79 Å². The molecule has 114 valence electrons. The summed E-state index contributed by atoms with van der Waals surface area (Å²) in [5.74, 6) is -0.773. The zero-order valence-electron chi connectivity index (χ0n) is 11.9. The Balaban J connectivity index is 1.90. The molecule has 1 heterocycles. The Labute approximate surface area is 132 Å². The lowest BCUT2D eigenvalue weighted by Gasteiger charge is -2.36. The summed E-state index contributed by atoms with van der Waals surface area (Å²) in [4.78, 5) is 25.8. The number of halogens is 1. The van der Waals surface area contributed by atoms with Crippen LogP contribution in [0.25, 0.3) is 0 Å². The van der Waals surface area contributed by atoms with Crippen LogP contribution in [0.15, 0.2) is 28.7 Å². The van der Waals surface area contributed by atoms with E-state index in [4.69, 9.17) is 0 Å². The Morgan fingerprint density at radius 1 is 1.43 bits per heavy atom. The first kappa shape index (κ1) is 16.1. The maximum Gasteiger partial charge on any atom is 0.259 e. The van der Waals surface area contributed by atoms with Crippen LogP contribution in [0.2, 0.25) is 0 Å². The van der Waals surface area contributed by atoms with E-state index < -0.39 is 11.5 Å². The van der Waals surface area contributed by atoms with Gasteiger partial charge < -0.3 is 5.11 Å². The average Bonchev–Trinajstić information content (AvgIpc) is 2.37. The summed E-state index contributed by atoms with van der Waals surface area (Å²) < 4.78 is 0.649. The van der Waals surface area contributed by atoms with Crippen molar-refractivity contribution >= 4 is 27.7 Å². The van der Waals surface area contributed by atoms with Crippen molar-refractivity contribution in [3.8, 4) is 0 Å². The van der Waals surface area contributed by atoms with Crippen molar-refractivity contribution < 1.29 is 14.7 Å². The number of amides is 2. The molecule has 0 bridgehead atoms. The van der Waals surface area contributed by atoms with E-state index in [1.807, 2.05) is 4.90 Å². The lowest BCUT2D eigenvalue weighted by Crippen LogP contribution is -2.50. The van der Waals surface area contributed by atoms with Gasteiger partial charge in [0.1, 0.15) is 0 Å². The molecule has 0 spiro atoms. The first-order chi connectivity index (χ1) is 9.87. The predicted octanol–water partition coefficient (Wildman–Crippen LogP) is 1.55. The van der Waals surface area contributed by atoms with Gasteiger partial charge in [-0.05, 0) is 54.4 Å². The quantitative estimate of drug-likeness (QED) is 0.863. The molecular formula is C15H19BrN2O3. The van der Waals surface area contributed by atoms with Crippen molar-refractivity contribution in [3.63, 3.8) is 0 Å². The van der Waals surface area contributed by atoms with Crippen molar-refractivity contribution in [2.45, 2.75) is 25.4 Å². The van der Waals surface area contributed by atoms with Gasteiger partial charge in [-0.2, -0.15) is 0 Å². The lowest BCUT2D eigenvalue weighted by atomic mass is 9.95. The van der Waals surface area contributed by atoms with Gasteiger partial charge in [-0.3, -0.25) is 19.8 Å². The van der Waals surface area contributed by atoms with Crippen LogP contribution in [-0.4, -0.2) is 47.1 Å². The number of rotatable bonds is 3. The van der Waals surface area contributed by atoms with Crippen LogP contribution in [0.4, 0.5) is 0 Å². The molecule has 1 saturated heterocycles. The summed E-state index contributed by atoms with van der Waals surface area (Å²) in [6, 6.07) is 6.95. The molecule has 1 fully saturated rings. The molecular weight excluding hydrogens is 336 g/mol. The molecule has 2 rings (SSSR count). The molecule has 0 saturated carbocycles. The van der Waals surface area contributed by atoms with E-state index >= 15 is 0 Å². The van der Waals surface area contributed by atoms with Gasteiger partial charge >= 0.3 is 0 Å². The topological polar surface area (TPSA) is 69.6 Å². The number of hydrogen-bond acceptors (Lipinski definition) is 4. The van der Waals surface area contributed by atoms with Gasteiger partial charge in [0, 0.05) is 11.0 Å². The number of hydrogen-bond donors (Lipinski definition) is 2. The molecule has 1 aliphatic heterocycles. The van der Waals surface area contributed by atoms with Crippen LogP contribution in [0, 0.1) is 0 Å². The average molecular weight is 355 g/mol. The van der Waals surface area contributed by atoms with E-state index in [1.165, 1.54) is 0 Å². The minimum atomic E-state index is -0.759. The standard InChI is InChI=1S/C15H19BrN2O3/c1-15(21)7-4-8-18(10-15)9-13(19)17-14(20)11-5-2-3-6-12(11)16/h2-3,5-6,21H,4,7-10H2,1H3,(H,17,19,20). The summed E-state index contributed by atoms with van der Waals surface area (Å²) in [6.07, 6.45) is 1.58. The fraction of sp³-hybridized carbons (Fsp3) is 0.467. The highest BCUT2D eigenvalue weighted by Crippen LogP contribution is 2.20. The van der Waals surface area contributed by atoms with Crippen molar-refractivity contribution in [2.75, 3.05) is 19.6 Å². The fourth-order valence-corrected chi connectivity index (χ4v) is 3.01. The lowest BCUT2D eigenvalue weighted by molar-refractivity contribution is -0.122. The molecule has 21 heavy (non-hydrogen) atoms. The SMILES string of the molecule is CC1(O)CCCN(CC(=O)NC(=O)c2ccccc2Br)C1. The molecule has 0 aliphatic carbocycles. The van der Waals surface area contributed by atoms with Crippen molar-refractivity contribution in [2.24, 2.45) is 0 Å². The second-order valence-electron chi connectivity index (χ2n) is 5.67. The molecule has 1 atom stereocenters. The van der Waals surface area contributed by atoms with E-state index in [9.17, 15) is 14.7 Å². The van der Waals surface area contributed by atoms with E-state index in [-0.39, 0.29) is 12.5 Å². The second kappa shape index (κ2) is 6.68. The number of carbonyl (C=O) groups is 2. The van der Waals surface area contributed by atoms with Crippen LogP contribution in [0.3, 0.4) is 0 Å². The minimum absolute atomic E-state index is 0.117. The third-order valence-corrected chi connectivity index (χ3v) is 4.18. The summed E-state index contributed by atoms with van der Waals surface area (Å²) in [5, 5.41) is 12.4. The molecule has 5 nitrogen and oxygen atoms in total. The highest BCUT2D eigenvalue weighted by molar-refractivity contribution is 9.10. The molecule has 1 unspecified atom stereocenters. The second-order valence-corrected chi connectivity index (χ2v) is 6.52. The van der Waals surface area contributed by atoms with Gasteiger partial charge in [-0.25, -0.2) is 0 Å². The molecule has 6 heteroatoms. The van der Waals surface area contributed by atoms with E-state index in [0.717, 1.165) is 19.4 Å². The van der Waals surface area contributed by atoms with Crippen LogP contribution >= 0.6 is 15.9 Å². The van der Waals surface area contributed by atoms with Crippen molar-refractivity contribution in [1.29, 1.82) is 0 Å². The first-order valence-electron chi connectivity index (χ1n) is 6.91. The van der Waals surface area contributed by atoms with Crippen LogP contribution in [0.1, 0.15) is 30.1 Å². The number of carbonyl (C=O) groups excluding carboxylic acids is 2. The number of nitrogens with one attached hydrogen (secondary N) is 1. The minimum Gasteiger partial charge on any atom is -0.389 e. The highest BCUT2D eigenvalue weighted by Gasteiger charge is 2.29. The molecule has 1 aliphatic rings. The van der Waals surface area contributed by atoms with Gasteiger partial charge in [-0.1, -0.05) is 12.1 Å². The highest BCUT2D eigenvalue weighted by atomic mass is 79.9. The maximum absolute atomic E-state index is 12.0. The molecule has 1 aromatic rings. The third-order valence-electron chi connectivity index (χ3n) is 3.49. The zero-order chi connectivity index (χ0) is 15.5. The molecule has 0 radical (unpaired) electrons. The van der Waals surface area contributed by atoms with Crippen LogP contribution < -0.4 is 5.32 Å². The fourth-order valence-electron chi connectivity index (χ4n) is 2.54. The van der Waals surface area contributed by atoms with Gasteiger partial charge in [-0.15, -0.1) is 0 Å². The Bertz CT molecular complexity index is 545. The van der Waals surface area contributed by atoms with Gasteiger partial charge in [0.25, 0.3) is 5.91 Å². The Hall–Kier alpha value is -1.24. The maximum atomic E-state index is 12.0. The third kappa shape index (κ3) is 4.62. The normalized spacial score (nSPS) is 22.8. The molecule has 2 amide bonds. The predicted molar refractivity (Wildman–Crippen MR) is 82.9 cm³/mol. The van der Waals surface area contributed by atoms with Crippen molar-refractivity contribution in [1.82, 2.24) is 10.2 Å². The van der Waals surface area contributed by atoms with Gasteiger partial charge in [0.05, 0.1) is 17.7 Å². The largest absolute Gasteiger partial charge is 0.389 e. The number of aliphatic hydroxyl groups is 1. The molecule has 0 aromatic heterocycles. The first-order valence-corrected chi connectivity index (χ1v) is 7.70. The number of likely N-dealkylation sites (tertiary alicyclic amines) is 1. The van der Waals surface area contributed by atoms with Crippen LogP contribution in [0.5, 0.6) is 0 Å². The van der Waals surface area contributed by atoms with E-state index in [0.29, 0.717) is 16.6 Å². The summed E-state index contributed by atoms with van der Waals surface area (Å²) in [5.41, 5.74) is -0.332. The Kier molecular flexibility index (Phi) is 5.13. The van der Waals surface area contributed by atoms with Gasteiger partial charge in [0.15, 0.2) is 0 Å². The Morgan fingerprint density at radius 3 is 2.81 bits per heavy atom. The van der Waals surface area contributed by atoms with E-state index in [1.54, 1.807) is 31.2 Å². The number of benzene rings is 1. The summed E-state index contributed by atoms with van der Waals surface area (Å²) in [7, 11) is 0.